The molecule has 3 aliphatic heterocycles. The molecule has 0 radical (unpaired) electrons. The highest BCUT2D eigenvalue weighted by atomic mass is 16.5. The van der Waals surface area contributed by atoms with E-state index < -0.39 is 0 Å². The van der Waals surface area contributed by atoms with Gasteiger partial charge < -0.3 is 15.0 Å². The Labute approximate surface area is 166 Å². The summed E-state index contributed by atoms with van der Waals surface area (Å²) in [5, 5.41) is 3.43. The van der Waals surface area contributed by atoms with Crippen molar-refractivity contribution in [3.05, 3.63) is 0 Å². The fraction of sp³-hybridized carbons (Fsp3) is 0.955. The van der Waals surface area contributed by atoms with E-state index in [4.69, 9.17) is 4.74 Å². The molecule has 0 aromatic carbocycles. The second kappa shape index (κ2) is 10.2. The second-order valence-corrected chi connectivity index (χ2v) is 9.40. The van der Waals surface area contributed by atoms with Gasteiger partial charge in [-0.1, -0.05) is 6.92 Å². The van der Waals surface area contributed by atoms with Crippen LogP contribution in [0, 0.1) is 17.8 Å². The van der Waals surface area contributed by atoms with Crippen molar-refractivity contribution in [2.24, 2.45) is 17.8 Å². The van der Waals surface area contributed by atoms with E-state index in [1.54, 1.807) is 0 Å². The Balaban J connectivity index is 1.34. The molecular weight excluding hydrogens is 338 g/mol. The first kappa shape index (κ1) is 21.1. The van der Waals surface area contributed by atoms with Crippen LogP contribution in [-0.4, -0.2) is 73.7 Å². The van der Waals surface area contributed by atoms with E-state index in [-0.39, 0.29) is 0 Å². The lowest BCUT2D eigenvalue weighted by Gasteiger charge is -2.37. The lowest BCUT2D eigenvalue weighted by atomic mass is 9.83. The van der Waals surface area contributed by atoms with Crippen LogP contribution < -0.4 is 5.32 Å². The minimum atomic E-state index is 0.357. The molecule has 1 amide bonds. The molecular formula is C22H41N3O2. The molecule has 3 rings (SSSR count). The second-order valence-electron chi connectivity index (χ2n) is 9.40. The zero-order chi connectivity index (χ0) is 19.2. The molecule has 0 bridgehead atoms. The Hall–Kier alpha value is -0.650. The van der Waals surface area contributed by atoms with Gasteiger partial charge >= 0.3 is 0 Å². The van der Waals surface area contributed by atoms with E-state index in [9.17, 15) is 4.79 Å². The van der Waals surface area contributed by atoms with E-state index in [0.29, 0.717) is 24.0 Å². The van der Waals surface area contributed by atoms with E-state index in [0.717, 1.165) is 57.5 Å². The van der Waals surface area contributed by atoms with Gasteiger partial charge in [-0.25, -0.2) is 0 Å². The highest BCUT2D eigenvalue weighted by Crippen LogP contribution is 2.27. The summed E-state index contributed by atoms with van der Waals surface area (Å²) in [5.74, 6) is 2.44. The van der Waals surface area contributed by atoms with Crippen molar-refractivity contribution in [3.8, 4) is 0 Å². The van der Waals surface area contributed by atoms with Gasteiger partial charge in [-0.2, -0.15) is 0 Å². The van der Waals surface area contributed by atoms with Gasteiger partial charge in [0, 0.05) is 32.6 Å². The Morgan fingerprint density at radius 2 is 1.70 bits per heavy atom. The fourth-order valence-electron chi connectivity index (χ4n) is 5.29. The van der Waals surface area contributed by atoms with Crippen molar-refractivity contribution < 1.29 is 9.53 Å². The molecule has 156 valence electrons. The summed E-state index contributed by atoms with van der Waals surface area (Å²) in [6.07, 6.45) is 7.56. The van der Waals surface area contributed by atoms with Gasteiger partial charge in [0.25, 0.3) is 0 Å². The molecule has 3 fully saturated rings. The SMILES string of the molecule is CC1CN(CCC2CCN(C(=O)CC(C)C3CCNCC3)CC2)CC(C)O1. The molecule has 0 aromatic rings. The van der Waals surface area contributed by atoms with E-state index in [1.807, 2.05) is 0 Å². The minimum absolute atomic E-state index is 0.357. The maximum Gasteiger partial charge on any atom is 0.222 e. The molecule has 3 heterocycles. The van der Waals surface area contributed by atoms with Crippen LogP contribution in [0.4, 0.5) is 0 Å². The quantitative estimate of drug-likeness (QED) is 0.771. The number of likely N-dealkylation sites (tertiary alicyclic amines) is 1. The zero-order valence-corrected chi connectivity index (χ0v) is 17.8. The molecule has 27 heavy (non-hydrogen) atoms. The summed E-state index contributed by atoms with van der Waals surface area (Å²) in [6, 6.07) is 0. The third-order valence-electron chi connectivity index (χ3n) is 7.00. The molecule has 3 saturated heterocycles. The van der Waals surface area contributed by atoms with Gasteiger partial charge in [0.15, 0.2) is 0 Å². The predicted octanol–water partition coefficient (Wildman–Crippen LogP) is 2.75. The van der Waals surface area contributed by atoms with Crippen molar-refractivity contribution in [1.82, 2.24) is 15.1 Å². The standard InChI is InChI=1S/C22H41N3O2/c1-17(21-4-9-23-10-5-21)14-22(26)25-12-7-20(8-13-25)6-11-24-15-18(2)27-19(3)16-24/h17-21,23H,4-16H2,1-3H3. The number of ether oxygens (including phenoxy) is 1. The molecule has 3 aliphatic rings. The minimum Gasteiger partial charge on any atom is -0.373 e. The number of carbonyl (C=O) groups is 1. The highest BCUT2D eigenvalue weighted by molar-refractivity contribution is 5.76. The molecule has 3 unspecified atom stereocenters. The smallest absolute Gasteiger partial charge is 0.222 e. The first-order valence-electron chi connectivity index (χ1n) is 11.4. The molecule has 1 N–H and O–H groups in total. The number of rotatable bonds is 6. The number of carbonyl (C=O) groups excluding carboxylic acids is 1. The van der Waals surface area contributed by atoms with Gasteiger partial charge in [0.05, 0.1) is 12.2 Å². The summed E-state index contributed by atoms with van der Waals surface area (Å²) in [5.41, 5.74) is 0. The van der Waals surface area contributed by atoms with Gasteiger partial charge in [0.2, 0.25) is 5.91 Å². The van der Waals surface area contributed by atoms with Crippen LogP contribution >= 0.6 is 0 Å². The Kier molecular flexibility index (Phi) is 7.97. The first-order chi connectivity index (χ1) is 13.0. The van der Waals surface area contributed by atoms with Crippen LogP contribution in [0.5, 0.6) is 0 Å². The number of piperidine rings is 2. The number of morpholine rings is 1. The maximum absolute atomic E-state index is 12.7. The van der Waals surface area contributed by atoms with Gasteiger partial charge in [0.1, 0.15) is 0 Å². The Morgan fingerprint density at radius 3 is 2.33 bits per heavy atom. The molecule has 0 aliphatic carbocycles. The van der Waals surface area contributed by atoms with Gasteiger partial charge in [-0.05, 0) is 83.3 Å². The number of amides is 1. The van der Waals surface area contributed by atoms with Crippen molar-refractivity contribution >= 4 is 5.91 Å². The molecule has 5 nitrogen and oxygen atoms in total. The molecule has 3 atom stereocenters. The molecule has 0 spiro atoms. The highest BCUT2D eigenvalue weighted by Gasteiger charge is 2.28. The summed E-state index contributed by atoms with van der Waals surface area (Å²) >= 11 is 0. The zero-order valence-electron chi connectivity index (χ0n) is 17.8. The molecule has 0 aromatic heterocycles. The van der Waals surface area contributed by atoms with Crippen molar-refractivity contribution in [3.63, 3.8) is 0 Å². The monoisotopic (exact) mass is 379 g/mol. The topological polar surface area (TPSA) is 44.8 Å². The summed E-state index contributed by atoms with van der Waals surface area (Å²) in [4.78, 5) is 17.4. The first-order valence-corrected chi connectivity index (χ1v) is 11.4. The molecule has 0 saturated carbocycles. The largest absolute Gasteiger partial charge is 0.373 e. The number of nitrogens with zero attached hydrogens (tertiary/aromatic N) is 2. The van der Waals surface area contributed by atoms with E-state index >= 15 is 0 Å². The van der Waals surface area contributed by atoms with Crippen LogP contribution in [-0.2, 0) is 9.53 Å². The number of hydrogen-bond acceptors (Lipinski definition) is 4. The van der Waals surface area contributed by atoms with Crippen LogP contribution in [0.3, 0.4) is 0 Å². The third-order valence-corrected chi connectivity index (χ3v) is 7.00. The predicted molar refractivity (Wildman–Crippen MR) is 110 cm³/mol. The molecule has 5 heteroatoms. The van der Waals surface area contributed by atoms with Crippen LogP contribution in [0.2, 0.25) is 0 Å². The van der Waals surface area contributed by atoms with E-state index in [2.05, 4.69) is 35.9 Å². The maximum atomic E-state index is 12.7. The van der Waals surface area contributed by atoms with Gasteiger partial charge in [-0.15, -0.1) is 0 Å². The van der Waals surface area contributed by atoms with Crippen LogP contribution in [0.25, 0.3) is 0 Å². The third kappa shape index (κ3) is 6.43. The average Bonchev–Trinajstić information content (AvgIpc) is 2.66. The lowest BCUT2D eigenvalue weighted by Crippen LogP contribution is -2.46. The van der Waals surface area contributed by atoms with Crippen molar-refractivity contribution in [1.29, 1.82) is 0 Å². The Morgan fingerprint density at radius 1 is 1.07 bits per heavy atom. The fourth-order valence-corrected chi connectivity index (χ4v) is 5.29. The van der Waals surface area contributed by atoms with Crippen molar-refractivity contribution in [2.45, 2.75) is 71.5 Å². The number of nitrogens with one attached hydrogen (secondary N) is 1. The normalized spacial score (nSPS) is 30.4. The summed E-state index contributed by atoms with van der Waals surface area (Å²) in [7, 11) is 0. The van der Waals surface area contributed by atoms with Crippen LogP contribution in [0.1, 0.15) is 59.3 Å². The van der Waals surface area contributed by atoms with Crippen molar-refractivity contribution in [2.75, 3.05) is 45.8 Å². The van der Waals surface area contributed by atoms with E-state index in [1.165, 1.54) is 38.6 Å². The lowest BCUT2D eigenvalue weighted by molar-refractivity contribution is -0.134. The summed E-state index contributed by atoms with van der Waals surface area (Å²) < 4.78 is 5.83. The van der Waals surface area contributed by atoms with Crippen LogP contribution in [0.15, 0.2) is 0 Å². The number of hydrogen-bond donors (Lipinski definition) is 1. The Bertz CT molecular complexity index is 448. The average molecular weight is 380 g/mol. The van der Waals surface area contributed by atoms with Gasteiger partial charge in [-0.3, -0.25) is 9.69 Å². The summed E-state index contributed by atoms with van der Waals surface area (Å²) in [6.45, 7) is 14.1.